The second kappa shape index (κ2) is 5.92. The van der Waals surface area contributed by atoms with E-state index in [4.69, 9.17) is 0 Å². The molecule has 0 aromatic carbocycles. The predicted molar refractivity (Wildman–Crippen MR) is 76.3 cm³/mol. The van der Waals surface area contributed by atoms with Crippen LogP contribution in [0.25, 0.3) is 0 Å². The number of nitrogens with zero attached hydrogens (tertiary/aromatic N) is 1. The van der Waals surface area contributed by atoms with Gasteiger partial charge in [0, 0.05) is 16.9 Å². The standard InChI is InChI=1S/C12H13BrN2O3S/c13-9-5-8(6-14-7-9)10(16)15-12(11(17)18)1-3-19-4-2-12/h5-7H,1-4H2,(H,15,16)(H,17,18). The molecule has 102 valence electrons. The number of hydrogen-bond acceptors (Lipinski definition) is 4. The van der Waals surface area contributed by atoms with E-state index in [0.717, 1.165) is 11.5 Å². The molecule has 1 fully saturated rings. The first-order chi connectivity index (χ1) is 9.03. The van der Waals surface area contributed by atoms with E-state index in [-0.39, 0.29) is 0 Å². The number of pyridine rings is 1. The molecule has 7 heteroatoms. The molecular formula is C12H13BrN2O3S. The van der Waals surface area contributed by atoms with E-state index < -0.39 is 17.4 Å². The Labute approximate surface area is 123 Å². The second-order valence-electron chi connectivity index (χ2n) is 4.35. The van der Waals surface area contributed by atoms with E-state index >= 15 is 0 Å². The number of rotatable bonds is 3. The Morgan fingerprint density at radius 1 is 1.37 bits per heavy atom. The van der Waals surface area contributed by atoms with Crippen molar-refractivity contribution < 1.29 is 14.7 Å². The molecule has 2 N–H and O–H groups in total. The van der Waals surface area contributed by atoms with E-state index in [1.165, 1.54) is 6.20 Å². The van der Waals surface area contributed by atoms with Crippen molar-refractivity contribution in [1.82, 2.24) is 10.3 Å². The maximum Gasteiger partial charge on any atom is 0.329 e. The van der Waals surface area contributed by atoms with Crippen molar-refractivity contribution in [2.45, 2.75) is 18.4 Å². The van der Waals surface area contributed by atoms with Crippen LogP contribution in [0.15, 0.2) is 22.9 Å². The summed E-state index contributed by atoms with van der Waals surface area (Å²) in [7, 11) is 0. The lowest BCUT2D eigenvalue weighted by Gasteiger charge is -2.33. The molecule has 0 unspecified atom stereocenters. The molecule has 1 aromatic rings. The minimum absolute atomic E-state index is 0.355. The quantitative estimate of drug-likeness (QED) is 0.875. The lowest BCUT2D eigenvalue weighted by atomic mass is 9.92. The summed E-state index contributed by atoms with van der Waals surface area (Å²) in [6, 6.07) is 1.62. The number of thioether (sulfide) groups is 1. The highest BCUT2D eigenvalue weighted by atomic mass is 79.9. The summed E-state index contributed by atoms with van der Waals surface area (Å²) in [5.41, 5.74) is -0.793. The van der Waals surface area contributed by atoms with Crippen LogP contribution in [0, 0.1) is 0 Å². The summed E-state index contributed by atoms with van der Waals surface area (Å²) in [5.74, 6) is 0.110. The SMILES string of the molecule is O=C(NC1(C(=O)O)CCSCC1)c1cncc(Br)c1. The number of amides is 1. The molecule has 1 saturated heterocycles. The second-order valence-corrected chi connectivity index (χ2v) is 6.49. The van der Waals surface area contributed by atoms with Gasteiger partial charge in [0.1, 0.15) is 5.54 Å². The number of carboxylic acids is 1. The van der Waals surface area contributed by atoms with Gasteiger partial charge in [-0.25, -0.2) is 4.79 Å². The molecule has 2 rings (SSSR count). The molecule has 0 bridgehead atoms. The zero-order valence-electron chi connectivity index (χ0n) is 10.1. The minimum atomic E-state index is -1.15. The van der Waals surface area contributed by atoms with Crippen LogP contribution >= 0.6 is 27.7 Å². The van der Waals surface area contributed by atoms with Crippen LogP contribution in [0.3, 0.4) is 0 Å². The van der Waals surface area contributed by atoms with E-state index in [2.05, 4.69) is 26.2 Å². The normalized spacial score (nSPS) is 17.7. The number of aromatic nitrogens is 1. The highest BCUT2D eigenvalue weighted by molar-refractivity contribution is 9.10. The molecule has 0 atom stereocenters. The molecule has 0 aliphatic carbocycles. The minimum Gasteiger partial charge on any atom is -0.480 e. The fourth-order valence-corrected chi connectivity index (χ4v) is 3.49. The smallest absolute Gasteiger partial charge is 0.329 e. The molecule has 1 aromatic heterocycles. The summed E-state index contributed by atoms with van der Waals surface area (Å²) in [6.07, 6.45) is 3.88. The number of carbonyl (C=O) groups excluding carboxylic acids is 1. The van der Waals surface area contributed by atoms with Crippen molar-refractivity contribution in [3.8, 4) is 0 Å². The fraction of sp³-hybridized carbons (Fsp3) is 0.417. The Morgan fingerprint density at radius 2 is 2.05 bits per heavy atom. The van der Waals surface area contributed by atoms with Crippen LogP contribution in [-0.2, 0) is 4.79 Å². The lowest BCUT2D eigenvalue weighted by molar-refractivity contribution is -0.144. The summed E-state index contributed by atoms with van der Waals surface area (Å²) in [6.45, 7) is 0. The average molecular weight is 345 g/mol. The van der Waals surface area contributed by atoms with Gasteiger partial charge < -0.3 is 10.4 Å². The van der Waals surface area contributed by atoms with Gasteiger partial charge in [-0.05, 0) is 46.3 Å². The van der Waals surface area contributed by atoms with E-state index in [0.29, 0.717) is 22.9 Å². The number of carboxylic acid groups (broad SMARTS) is 1. The summed E-state index contributed by atoms with van der Waals surface area (Å²) >= 11 is 4.94. The molecule has 1 aliphatic heterocycles. The van der Waals surface area contributed by atoms with Gasteiger partial charge in [0.05, 0.1) is 5.56 Å². The van der Waals surface area contributed by atoms with Crippen LogP contribution in [-0.4, -0.2) is 39.0 Å². The van der Waals surface area contributed by atoms with Crippen molar-refractivity contribution in [2.24, 2.45) is 0 Å². The fourth-order valence-electron chi connectivity index (χ4n) is 1.94. The summed E-state index contributed by atoms with van der Waals surface area (Å²) < 4.78 is 0.684. The number of aliphatic carboxylic acids is 1. The monoisotopic (exact) mass is 344 g/mol. The van der Waals surface area contributed by atoms with Gasteiger partial charge in [-0.3, -0.25) is 9.78 Å². The third-order valence-corrected chi connectivity index (χ3v) is 4.49. The number of nitrogens with one attached hydrogen (secondary N) is 1. The third kappa shape index (κ3) is 3.27. The van der Waals surface area contributed by atoms with Gasteiger partial charge in [0.25, 0.3) is 5.91 Å². The highest BCUT2D eigenvalue weighted by Gasteiger charge is 2.41. The first-order valence-corrected chi connectivity index (χ1v) is 7.72. The lowest BCUT2D eigenvalue weighted by Crippen LogP contribution is -2.56. The van der Waals surface area contributed by atoms with Crippen molar-refractivity contribution in [1.29, 1.82) is 0 Å². The van der Waals surface area contributed by atoms with E-state index in [1.807, 2.05) is 0 Å². The Bertz CT molecular complexity index is 504. The Kier molecular flexibility index (Phi) is 4.46. The zero-order valence-corrected chi connectivity index (χ0v) is 12.5. The van der Waals surface area contributed by atoms with Crippen molar-refractivity contribution >= 4 is 39.6 Å². The molecule has 0 saturated carbocycles. The zero-order chi connectivity index (χ0) is 13.9. The largest absolute Gasteiger partial charge is 0.480 e. The van der Waals surface area contributed by atoms with Crippen LogP contribution in [0.5, 0.6) is 0 Å². The third-order valence-electron chi connectivity index (χ3n) is 3.08. The van der Waals surface area contributed by atoms with Crippen LogP contribution in [0.4, 0.5) is 0 Å². The van der Waals surface area contributed by atoms with E-state index in [9.17, 15) is 14.7 Å². The van der Waals surface area contributed by atoms with Gasteiger partial charge in [-0.1, -0.05) is 0 Å². The van der Waals surface area contributed by atoms with E-state index in [1.54, 1.807) is 24.0 Å². The van der Waals surface area contributed by atoms with Gasteiger partial charge in [0.15, 0.2) is 0 Å². The van der Waals surface area contributed by atoms with Gasteiger partial charge in [0.2, 0.25) is 0 Å². The molecule has 5 nitrogen and oxygen atoms in total. The first-order valence-electron chi connectivity index (χ1n) is 5.78. The van der Waals surface area contributed by atoms with Crippen molar-refractivity contribution in [3.63, 3.8) is 0 Å². The van der Waals surface area contributed by atoms with Crippen LogP contribution < -0.4 is 5.32 Å². The van der Waals surface area contributed by atoms with Crippen molar-refractivity contribution in [2.75, 3.05) is 11.5 Å². The number of halogens is 1. The van der Waals surface area contributed by atoms with Crippen LogP contribution in [0.2, 0.25) is 0 Å². The van der Waals surface area contributed by atoms with Gasteiger partial charge >= 0.3 is 5.97 Å². The highest BCUT2D eigenvalue weighted by Crippen LogP contribution is 2.27. The average Bonchev–Trinajstić information content (AvgIpc) is 2.39. The molecule has 2 heterocycles. The Morgan fingerprint density at radius 3 is 2.63 bits per heavy atom. The molecule has 19 heavy (non-hydrogen) atoms. The molecular weight excluding hydrogens is 332 g/mol. The van der Waals surface area contributed by atoms with Gasteiger partial charge in [-0.2, -0.15) is 11.8 Å². The Balaban J connectivity index is 2.18. The molecule has 0 radical (unpaired) electrons. The first kappa shape index (κ1) is 14.3. The molecule has 1 aliphatic rings. The summed E-state index contributed by atoms with van der Waals surface area (Å²) in [4.78, 5) is 27.5. The number of hydrogen-bond donors (Lipinski definition) is 2. The summed E-state index contributed by atoms with van der Waals surface area (Å²) in [5, 5.41) is 12.1. The maximum absolute atomic E-state index is 12.1. The van der Waals surface area contributed by atoms with Crippen LogP contribution in [0.1, 0.15) is 23.2 Å². The van der Waals surface area contributed by atoms with Crippen molar-refractivity contribution in [3.05, 3.63) is 28.5 Å². The number of carbonyl (C=O) groups is 2. The topological polar surface area (TPSA) is 79.3 Å². The molecule has 0 spiro atoms. The molecule has 1 amide bonds. The van der Waals surface area contributed by atoms with Gasteiger partial charge in [-0.15, -0.1) is 0 Å². The maximum atomic E-state index is 12.1. The Hall–Kier alpha value is -1.08. The predicted octanol–water partition coefficient (Wildman–Crippen LogP) is 1.92.